The van der Waals surface area contributed by atoms with Crippen molar-refractivity contribution in [3.05, 3.63) is 54.1 Å². The van der Waals surface area contributed by atoms with Gasteiger partial charge in [-0.2, -0.15) is 0 Å². The maximum atomic E-state index is 12.6. The van der Waals surface area contributed by atoms with Gasteiger partial charge in [0, 0.05) is 19.4 Å². The lowest BCUT2D eigenvalue weighted by Gasteiger charge is -2.32. The molecule has 6 nitrogen and oxygen atoms in total. The molecule has 6 heteroatoms. The zero-order valence-corrected chi connectivity index (χ0v) is 11.7. The second-order valence-electron chi connectivity index (χ2n) is 5.06. The van der Waals surface area contributed by atoms with Crippen molar-refractivity contribution in [3.8, 4) is 0 Å². The van der Waals surface area contributed by atoms with Crippen LogP contribution in [0.1, 0.15) is 17.4 Å². The number of carbonyl (C=O) groups is 2. The highest BCUT2D eigenvalue weighted by molar-refractivity contribution is 5.95. The molecule has 0 aliphatic carbocycles. The normalized spacial score (nSPS) is 18.7. The summed E-state index contributed by atoms with van der Waals surface area (Å²) in [5.41, 5.74) is 0.792. The number of benzene rings is 1. The molecule has 0 bridgehead atoms. The Kier molecular flexibility index (Phi) is 3.43. The minimum absolute atomic E-state index is 0.0645. The topological polar surface area (TPSA) is 67.2 Å². The second-order valence-corrected chi connectivity index (χ2v) is 5.06. The first-order chi connectivity index (χ1) is 10.1. The summed E-state index contributed by atoms with van der Waals surface area (Å²) < 4.78 is 1.84. The van der Waals surface area contributed by atoms with Crippen molar-refractivity contribution in [3.63, 3.8) is 0 Å². The van der Waals surface area contributed by atoms with Gasteiger partial charge < -0.3 is 14.8 Å². The molecule has 2 aromatic rings. The van der Waals surface area contributed by atoms with Crippen LogP contribution in [0.3, 0.4) is 0 Å². The van der Waals surface area contributed by atoms with Gasteiger partial charge in [0.05, 0.1) is 6.54 Å². The maximum absolute atomic E-state index is 12.6. The van der Waals surface area contributed by atoms with Crippen molar-refractivity contribution in [1.29, 1.82) is 0 Å². The Hall–Kier alpha value is -2.63. The Balaban J connectivity index is 1.84. The lowest BCUT2D eigenvalue weighted by atomic mass is 10.0. The van der Waals surface area contributed by atoms with Crippen LogP contribution in [-0.4, -0.2) is 32.8 Å². The van der Waals surface area contributed by atoms with Crippen LogP contribution in [0.5, 0.6) is 0 Å². The standard InChI is InChI=1S/C15H16N4O2/c1-18-8-7-16-12(18)9-19-10-13(20)17-14(15(19)21)11-5-3-2-4-6-11/h2-8,14H,9-10H2,1H3,(H,17,20). The van der Waals surface area contributed by atoms with E-state index in [1.807, 2.05) is 48.1 Å². The monoisotopic (exact) mass is 284 g/mol. The van der Waals surface area contributed by atoms with E-state index in [0.29, 0.717) is 6.54 Å². The van der Waals surface area contributed by atoms with E-state index in [9.17, 15) is 9.59 Å². The van der Waals surface area contributed by atoms with E-state index in [1.54, 1.807) is 11.1 Å². The van der Waals surface area contributed by atoms with Crippen molar-refractivity contribution in [2.45, 2.75) is 12.6 Å². The van der Waals surface area contributed by atoms with E-state index in [4.69, 9.17) is 0 Å². The van der Waals surface area contributed by atoms with Crippen LogP contribution in [0.4, 0.5) is 0 Å². The number of nitrogens with zero attached hydrogens (tertiary/aromatic N) is 3. The first-order valence-electron chi connectivity index (χ1n) is 6.74. The summed E-state index contributed by atoms with van der Waals surface area (Å²) in [4.78, 5) is 30.2. The molecular formula is C15H16N4O2. The van der Waals surface area contributed by atoms with Crippen LogP contribution in [0.15, 0.2) is 42.7 Å². The molecule has 1 N–H and O–H groups in total. The van der Waals surface area contributed by atoms with Crippen LogP contribution in [0, 0.1) is 0 Å². The fourth-order valence-electron chi connectivity index (χ4n) is 2.43. The van der Waals surface area contributed by atoms with Crippen molar-refractivity contribution < 1.29 is 9.59 Å². The summed E-state index contributed by atoms with van der Waals surface area (Å²) >= 11 is 0. The zero-order valence-electron chi connectivity index (χ0n) is 11.7. The fraction of sp³-hybridized carbons (Fsp3) is 0.267. The van der Waals surface area contributed by atoms with Gasteiger partial charge >= 0.3 is 0 Å². The number of imidazole rings is 1. The SMILES string of the molecule is Cn1ccnc1CN1CC(=O)NC(c2ccccc2)C1=O. The second kappa shape index (κ2) is 5.40. The fourth-order valence-corrected chi connectivity index (χ4v) is 2.43. The van der Waals surface area contributed by atoms with E-state index < -0.39 is 6.04 Å². The van der Waals surface area contributed by atoms with Gasteiger partial charge in [0.15, 0.2) is 0 Å². The molecule has 1 aromatic carbocycles. The minimum atomic E-state index is -0.618. The number of nitrogens with one attached hydrogen (secondary N) is 1. The zero-order chi connectivity index (χ0) is 14.8. The van der Waals surface area contributed by atoms with Gasteiger partial charge in [-0.3, -0.25) is 9.59 Å². The molecule has 21 heavy (non-hydrogen) atoms. The lowest BCUT2D eigenvalue weighted by molar-refractivity contribution is -0.145. The van der Waals surface area contributed by atoms with Gasteiger partial charge in [0.1, 0.15) is 18.4 Å². The first-order valence-corrected chi connectivity index (χ1v) is 6.74. The highest BCUT2D eigenvalue weighted by Gasteiger charge is 2.34. The number of amides is 2. The van der Waals surface area contributed by atoms with Crippen molar-refractivity contribution >= 4 is 11.8 Å². The predicted octanol–water partition coefficient (Wildman–Crippen LogP) is 0.620. The molecule has 0 radical (unpaired) electrons. The summed E-state index contributed by atoms with van der Waals surface area (Å²) in [6.07, 6.45) is 3.50. The largest absolute Gasteiger partial charge is 0.339 e. The Morgan fingerprint density at radius 1 is 1.29 bits per heavy atom. The Morgan fingerprint density at radius 2 is 2.05 bits per heavy atom. The summed E-state index contributed by atoms with van der Waals surface area (Å²) in [7, 11) is 1.87. The van der Waals surface area contributed by atoms with Crippen LogP contribution in [0.25, 0.3) is 0 Å². The van der Waals surface area contributed by atoms with Gasteiger partial charge in [-0.05, 0) is 5.56 Å². The summed E-state index contributed by atoms with van der Waals surface area (Å²) in [5, 5.41) is 2.75. The Labute approximate surface area is 122 Å². The average Bonchev–Trinajstić information content (AvgIpc) is 2.89. The highest BCUT2D eigenvalue weighted by Crippen LogP contribution is 2.20. The van der Waals surface area contributed by atoms with E-state index in [0.717, 1.165) is 11.4 Å². The molecule has 0 spiro atoms. The number of aromatic nitrogens is 2. The van der Waals surface area contributed by atoms with Gasteiger partial charge in [0.2, 0.25) is 5.91 Å². The van der Waals surface area contributed by atoms with Gasteiger partial charge in [-0.1, -0.05) is 30.3 Å². The van der Waals surface area contributed by atoms with E-state index in [1.165, 1.54) is 0 Å². The number of aryl methyl sites for hydroxylation is 1. The first kappa shape index (κ1) is 13.4. The molecule has 1 aliphatic heterocycles. The molecule has 1 unspecified atom stereocenters. The van der Waals surface area contributed by atoms with Gasteiger partial charge in [0.25, 0.3) is 5.91 Å². The van der Waals surface area contributed by atoms with E-state index >= 15 is 0 Å². The summed E-state index contributed by atoms with van der Waals surface area (Å²) in [6, 6.07) is 8.65. The van der Waals surface area contributed by atoms with E-state index in [2.05, 4.69) is 10.3 Å². The smallest absolute Gasteiger partial charge is 0.250 e. The Bertz CT molecular complexity index is 665. The molecule has 0 saturated carbocycles. The Morgan fingerprint density at radius 3 is 2.71 bits per heavy atom. The third-order valence-electron chi connectivity index (χ3n) is 3.58. The van der Waals surface area contributed by atoms with Crippen LogP contribution < -0.4 is 5.32 Å². The van der Waals surface area contributed by atoms with Crippen LogP contribution >= 0.6 is 0 Å². The predicted molar refractivity (Wildman–Crippen MR) is 76.0 cm³/mol. The minimum Gasteiger partial charge on any atom is -0.339 e. The highest BCUT2D eigenvalue weighted by atomic mass is 16.2. The number of piperazine rings is 1. The van der Waals surface area contributed by atoms with Crippen LogP contribution in [-0.2, 0) is 23.2 Å². The number of hydrogen-bond donors (Lipinski definition) is 1. The quantitative estimate of drug-likeness (QED) is 0.898. The molecular weight excluding hydrogens is 268 g/mol. The molecule has 2 amide bonds. The average molecular weight is 284 g/mol. The molecule has 1 saturated heterocycles. The number of rotatable bonds is 3. The van der Waals surface area contributed by atoms with Crippen LogP contribution in [0.2, 0.25) is 0 Å². The lowest BCUT2D eigenvalue weighted by Crippen LogP contribution is -2.53. The molecule has 2 heterocycles. The molecule has 108 valence electrons. The van der Waals surface area contributed by atoms with Gasteiger partial charge in [-0.25, -0.2) is 4.98 Å². The third kappa shape index (κ3) is 2.65. The maximum Gasteiger partial charge on any atom is 0.250 e. The third-order valence-corrected chi connectivity index (χ3v) is 3.58. The number of carbonyl (C=O) groups excluding carboxylic acids is 2. The summed E-state index contributed by atoms with van der Waals surface area (Å²) in [5.74, 6) is 0.492. The number of hydrogen-bond acceptors (Lipinski definition) is 3. The molecule has 1 fully saturated rings. The molecule has 1 atom stereocenters. The van der Waals surface area contributed by atoms with Crippen molar-refractivity contribution in [2.24, 2.45) is 7.05 Å². The molecule has 1 aromatic heterocycles. The molecule has 3 rings (SSSR count). The van der Waals surface area contributed by atoms with Crippen molar-refractivity contribution in [2.75, 3.05) is 6.54 Å². The van der Waals surface area contributed by atoms with Crippen molar-refractivity contribution in [1.82, 2.24) is 19.8 Å². The summed E-state index contributed by atoms with van der Waals surface area (Å²) in [6.45, 7) is 0.397. The molecule has 1 aliphatic rings. The van der Waals surface area contributed by atoms with E-state index in [-0.39, 0.29) is 18.4 Å². The van der Waals surface area contributed by atoms with Gasteiger partial charge in [-0.15, -0.1) is 0 Å².